The molecular formula is C12H15BrN4O2. The van der Waals surface area contributed by atoms with Gasteiger partial charge in [0, 0.05) is 19.1 Å². The van der Waals surface area contributed by atoms with E-state index in [0.29, 0.717) is 34.7 Å². The van der Waals surface area contributed by atoms with Gasteiger partial charge in [0.2, 0.25) is 5.89 Å². The van der Waals surface area contributed by atoms with Gasteiger partial charge >= 0.3 is 0 Å². The Hall–Kier alpha value is -1.18. The largest absolute Gasteiger partial charge is 0.444 e. The van der Waals surface area contributed by atoms with E-state index < -0.39 is 0 Å². The molecule has 3 heterocycles. The lowest BCUT2D eigenvalue weighted by atomic mass is 10.1. The standard InChI is InChI=1S/C12H15BrN4O2/c1-7-4-17(5-8(7)14)6-11-15-16-12(19-11)9-2-3-10(13)18-9/h2-3,7-8H,4-6,14H2,1H3. The molecule has 1 fully saturated rings. The fraction of sp³-hybridized carbons (Fsp3) is 0.500. The number of likely N-dealkylation sites (tertiary alicyclic amines) is 1. The zero-order valence-electron chi connectivity index (χ0n) is 10.5. The van der Waals surface area contributed by atoms with Crippen LogP contribution >= 0.6 is 15.9 Å². The smallest absolute Gasteiger partial charge is 0.283 e. The van der Waals surface area contributed by atoms with E-state index in [2.05, 4.69) is 38.0 Å². The molecule has 2 N–H and O–H groups in total. The summed E-state index contributed by atoms with van der Waals surface area (Å²) in [5, 5.41) is 8.03. The highest BCUT2D eigenvalue weighted by molar-refractivity contribution is 9.10. The minimum absolute atomic E-state index is 0.225. The maximum absolute atomic E-state index is 5.99. The number of rotatable bonds is 3. The summed E-state index contributed by atoms with van der Waals surface area (Å²) in [4.78, 5) is 2.23. The third-order valence-corrected chi connectivity index (χ3v) is 3.78. The van der Waals surface area contributed by atoms with Gasteiger partial charge in [-0.05, 0) is 34.0 Å². The summed E-state index contributed by atoms with van der Waals surface area (Å²) < 4.78 is 11.6. The average molecular weight is 327 g/mol. The monoisotopic (exact) mass is 326 g/mol. The van der Waals surface area contributed by atoms with Crippen molar-refractivity contribution < 1.29 is 8.83 Å². The Labute approximate surface area is 119 Å². The second-order valence-corrected chi connectivity index (χ2v) is 5.72. The van der Waals surface area contributed by atoms with Crippen molar-refractivity contribution in [1.82, 2.24) is 15.1 Å². The molecule has 1 saturated heterocycles. The second kappa shape index (κ2) is 5.07. The quantitative estimate of drug-likeness (QED) is 0.927. The summed E-state index contributed by atoms with van der Waals surface area (Å²) in [5.74, 6) is 2.06. The summed E-state index contributed by atoms with van der Waals surface area (Å²) in [6.45, 7) is 4.62. The predicted octanol–water partition coefficient (Wildman–Crippen LogP) is 1.87. The summed E-state index contributed by atoms with van der Waals surface area (Å²) in [7, 11) is 0. The van der Waals surface area contributed by atoms with E-state index in [1.165, 1.54) is 0 Å². The number of hydrogen-bond donors (Lipinski definition) is 1. The highest BCUT2D eigenvalue weighted by atomic mass is 79.9. The lowest BCUT2D eigenvalue weighted by Crippen LogP contribution is -2.28. The molecule has 102 valence electrons. The van der Waals surface area contributed by atoms with Crippen molar-refractivity contribution in [3.05, 3.63) is 22.7 Å². The van der Waals surface area contributed by atoms with Crippen LogP contribution in [0.5, 0.6) is 0 Å². The van der Waals surface area contributed by atoms with Gasteiger partial charge in [0.25, 0.3) is 5.89 Å². The molecule has 2 aromatic heterocycles. The zero-order valence-corrected chi connectivity index (χ0v) is 12.1. The first-order chi connectivity index (χ1) is 9.11. The van der Waals surface area contributed by atoms with Gasteiger partial charge in [-0.1, -0.05) is 6.92 Å². The van der Waals surface area contributed by atoms with Gasteiger partial charge in [-0.3, -0.25) is 4.90 Å². The molecular weight excluding hydrogens is 312 g/mol. The molecule has 6 nitrogen and oxygen atoms in total. The van der Waals surface area contributed by atoms with E-state index in [1.54, 1.807) is 12.1 Å². The molecule has 2 aromatic rings. The normalized spacial score (nSPS) is 24.2. The molecule has 0 bridgehead atoms. The third kappa shape index (κ3) is 2.72. The Morgan fingerprint density at radius 1 is 1.37 bits per heavy atom. The summed E-state index contributed by atoms with van der Waals surface area (Å²) in [5.41, 5.74) is 5.99. The Kier molecular flexibility index (Phi) is 3.42. The van der Waals surface area contributed by atoms with Crippen molar-refractivity contribution in [2.75, 3.05) is 13.1 Å². The van der Waals surface area contributed by atoms with Crippen LogP contribution < -0.4 is 5.73 Å². The Bertz CT molecular complexity index is 558. The maximum atomic E-state index is 5.99. The molecule has 7 heteroatoms. The average Bonchev–Trinajstić information content (AvgIpc) is 3.03. The van der Waals surface area contributed by atoms with Crippen molar-refractivity contribution in [3.8, 4) is 11.7 Å². The van der Waals surface area contributed by atoms with Crippen molar-refractivity contribution in [3.63, 3.8) is 0 Å². The Balaban J connectivity index is 1.69. The number of aromatic nitrogens is 2. The van der Waals surface area contributed by atoms with E-state index >= 15 is 0 Å². The van der Waals surface area contributed by atoms with Crippen LogP contribution in [0.15, 0.2) is 25.6 Å². The number of nitrogens with zero attached hydrogens (tertiary/aromatic N) is 3. The topological polar surface area (TPSA) is 81.3 Å². The predicted molar refractivity (Wildman–Crippen MR) is 72.1 cm³/mol. The minimum atomic E-state index is 0.225. The molecule has 1 aliphatic heterocycles. The van der Waals surface area contributed by atoms with Crippen LogP contribution in [-0.2, 0) is 6.54 Å². The number of nitrogens with two attached hydrogens (primary N) is 1. The SMILES string of the molecule is CC1CN(Cc2nnc(-c3ccc(Br)o3)o2)CC1N. The highest BCUT2D eigenvalue weighted by Gasteiger charge is 2.27. The minimum Gasteiger partial charge on any atom is -0.444 e. The first-order valence-electron chi connectivity index (χ1n) is 6.18. The Morgan fingerprint density at radius 3 is 2.84 bits per heavy atom. The van der Waals surface area contributed by atoms with Crippen molar-refractivity contribution in [2.45, 2.75) is 19.5 Å². The fourth-order valence-corrected chi connectivity index (χ4v) is 2.57. The molecule has 0 spiro atoms. The summed E-state index contributed by atoms with van der Waals surface area (Å²) in [6, 6.07) is 3.80. The Morgan fingerprint density at radius 2 is 2.21 bits per heavy atom. The van der Waals surface area contributed by atoms with E-state index in [0.717, 1.165) is 13.1 Å². The molecule has 3 rings (SSSR count). The number of hydrogen-bond acceptors (Lipinski definition) is 6. The van der Waals surface area contributed by atoms with Gasteiger partial charge in [0.05, 0.1) is 6.54 Å². The van der Waals surface area contributed by atoms with Crippen LogP contribution in [0.4, 0.5) is 0 Å². The van der Waals surface area contributed by atoms with E-state index in [9.17, 15) is 0 Å². The van der Waals surface area contributed by atoms with Crippen LogP contribution in [0, 0.1) is 5.92 Å². The summed E-state index contributed by atoms with van der Waals surface area (Å²) >= 11 is 3.24. The van der Waals surface area contributed by atoms with Crippen molar-refractivity contribution in [2.24, 2.45) is 11.7 Å². The molecule has 2 unspecified atom stereocenters. The van der Waals surface area contributed by atoms with E-state index in [4.69, 9.17) is 14.6 Å². The van der Waals surface area contributed by atoms with Gasteiger partial charge in [-0.15, -0.1) is 10.2 Å². The molecule has 0 saturated carbocycles. The van der Waals surface area contributed by atoms with Gasteiger partial charge < -0.3 is 14.6 Å². The lowest BCUT2D eigenvalue weighted by Gasteiger charge is -2.11. The van der Waals surface area contributed by atoms with Crippen LogP contribution in [0.25, 0.3) is 11.7 Å². The van der Waals surface area contributed by atoms with E-state index in [-0.39, 0.29) is 6.04 Å². The van der Waals surface area contributed by atoms with Crippen LogP contribution in [0.3, 0.4) is 0 Å². The molecule has 19 heavy (non-hydrogen) atoms. The fourth-order valence-electron chi connectivity index (χ4n) is 2.26. The molecule has 0 aliphatic carbocycles. The second-order valence-electron chi connectivity index (χ2n) is 4.94. The van der Waals surface area contributed by atoms with Crippen LogP contribution in [-0.4, -0.2) is 34.2 Å². The maximum Gasteiger partial charge on any atom is 0.283 e. The van der Waals surface area contributed by atoms with Gasteiger partial charge in [-0.2, -0.15) is 0 Å². The molecule has 0 radical (unpaired) electrons. The third-order valence-electron chi connectivity index (χ3n) is 3.36. The molecule has 2 atom stereocenters. The zero-order chi connectivity index (χ0) is 13.4. The molecule has 0 amide bonds. The van der Waals surface area contributed by atoms with Gasteiger partial charge in [0.1, 0.15) is 0 Å². The van der Waals surface area contributed by atoms with Gasteiger partial charge in [0.15, 0.2) is 10.4 Å². The summed E-state index contributed by atoms with van der Waals surface area (Å²) in [6.07, 6.45) is 0. The van der Waals surface area contributed by atoms with Crippen LogP contribution in [0.1, 0.15) is 12.8 Å². The highest BCUT2D eigenvalue weighted by Crippen LogP contribution is 2.24. The first kappa shape index (κ1) is 12.8. The molecule has 0 aromatic carbocycles. The lowest BCUT2D eigenvalue weighted by molar-refractivity contribution is 0.282. The van der Waals surface area contributed by atoms with E-state index in [1.807, 2.05) is 0 Å². The van der Waals surface area contributed by atoms with Gasteiger partial charge in [-0.25, -0.2) is 0 Å². The van der Waals surface area contributed by atoms with Crippen LogP contribution in [0.2, 0.25) is 0 Å². The van der Waals surface area contributed by atoms with Crippen molar-refractivity contribution in [1.29, 1.82) is 0 Å². The van der Waals surface area contributed by atoms with Crippen molar-refractivity contribution >= 4 is 15.9 Å². The molecule has 1 aliphatic rings. The number of halogens is 1. The first-order valence-corrected chi connectivity index (χ1v) is 6.97. The number of furan rings is 1.